The number of nitrogens with two attached hydrogens (primary N) is 1. The molecular formula is C19H20N4. The van der Waals surface area contributed by atoms with Gasteiger partial charge in [0, 0.05) is 6.54 Å². The van der Waals surface area contributed by atoms with Gasteiger partial charge >= 0.3 is 0 Å². The third-order valence-corrected chi connectivity index (χ3v) is 3.94. The van der Waals surface area contributed by atoms with Crippen molar-refractivity contribution in [2.24, 2.45) is 5.73 Å². The molecule has 2 N–H and O–H groups in total. The number of aromatic nitrogens is 3. The topological polar surface area (TPSA) is 56.7 Å². The maximum Gasteiger partial charge on any atom is 0.104 e. The standard InChI is InChI=1S/C19H20N4/c1-14-8-10-17(12-15(14)2)23-19(18(13-20)21-22-23)11-9-16-6-4-3-5-7-16/h3-12H,13,20H2,1-2H3/b11-9+. The minimum absolute atomic E-state index is 0.360. The van der Waals surface area contributed by atoms with Crippen molar-refractivity contribution in [3.63, 3.8) is 0 Å². The first kappa shape index (κ1) is 15.2. The molecular weight excluding hydrogens is 284 g/mol. The molecule has 0 fully saturated rings. The van der Waals surface area contributed by atoms with Crippen molar-refractivity contribution < 1.29 is 0 Å². The minimum atomic E-state index is 0.360. The van der Waals surface area contributed by atoms with Gasteiger partial charge in [-0.15, -0.1) is 5.10 Å². The second kappa shape index (κ2) is 6.58. The number of benzene rings is 2. The van der Waals surface area contributed by atoms with E-state index in [1.165, 1.54) is 11.1 Å². The molecule has 0 bridgehead atoms. The van der Waals surface area contributed by atoms with Crippen LogP contribution in [-0.4, -0.2) is 15.0 Å². The Bertz CT molecular complexity index is 832. The lowest BCUT2D eigenvalue weighted by molar-refractivity contribution is 0.792. The first-order chi connectivity index (χ1) is 11.2. The molecule has 2 aromatic carbocycles. The van der Waals surface area contributed by atoms with E-state index in [4.69, 9.17) is 5.73 Å². The highest BCUT2D eigenvalue weighted by atomic mass is 15.4. The highest BCUT2D eigenvalue weighted by Crippen LogP contribution is 2.18. The molecule has 4 heteroatoms. The molecule has 3 aromatic rings. The van der Waals surface area contributed by atoms with E-state index in [9.17, 15) is 0 Å². The Hall–Kier alpha value is -2.72. The highest BCUT2D eigenvalue weighted by Gasteiger charge is 2.11. The fraction of sp³-hybridized carbons (Fsp3) is 0.158. The molecule has 0 spiro atoms. The van der Waals surface area contributed by atoms with Gasteiger partial charge in [-0.3, -0.25) is 0 Å². The zero-order valence-electron chi connectivity index (χ0n) is 13.4. The molecule has 4 nitrogen and oxygen atoms in total. The van der Waals surface area contributed by atoms with Crippen LogP contribution in [0.15, 0.2) is 48.5 Å². The van der Waals surface area contributed by atoms with E-state index in [0.29, 0.717) is 6.54 Å². The largest absolute Gasteiger partial charge is 0.325 e. The van der Waals surface area contributed by atoms with Crippen LogP contribution in [-0.2, 0) is 6.54 Å². The molecule has 0 unspecified atom stereocenters. The van der Waals surface area contributed by atoms with Crippen molar-refractivity contribution in [1.29, 1.82) is 0 Å². The lowest BCUT2D eigenvalue weighted by Gasteiger charge is -2.07. The van der Waals surface area contributed by atoms with Crippen LogP contribution in [0.3, 0.4) is 0 Å². The SMILES string of the molecule is Cc1ccc(-n2nnc(CN)c2/C=C/c2ccccc2)cc1C. The molecule has 0 saturated heterocycles. The van der Waals surface area contributed by atoms with Crippen molar-refractivity contribution in [3.05, 3.63) is 76.6 Å². The summed E-state index contributed by atoms with van der Waals surface area (Å²) in [4.78, 5) is 0. The molecule has 0 amide bonds. The number of hydrogen-bond donors (Lipinski definition) is 1. The summed E-state index contributed by atoms with van der Waals surface area (Å²) in [5.74, 6) is 0. The molecule has 23 heavy (non-hydrogen) atoms. The number of rotatable bonds is 4. The van der Waals surface area contributed by atoms with Crippen molar-refractivity contribution in [2.45, 2.75) is 20.4 Å². The van der Waals surface area contributed by atoms with Gasteiger partial charge in [0.2, 0.25) is 0 Å². The van der Waals surface area contributed by atoms with Crippen molar-refractivity contribution in [2.75, 3.05) is 0 Å². The number of aryl methyl sites for hydroxylation is 2. The van der Waals surface area contributed by atoms with Gasteiger partial charge in [-0.25, -0.2) is 4.68 Å². The van der Waals surface area contributed by atoms with Crippen molar-refractivity contribution in [1.82, 2.24) is 15.0 Å². The summed E-state index contributed by atoms with van der Waals surface area (Å²) in [6.07, 6.45) is 4.07. The Kier molecular flexibility index (Phi) is 4.35. The molecule has 0 aliphatic rings. The highest BCUT2D eigenvalue weighted by molar-refractivity contribution is 5.69. The average Bonchev–Trinajstić information content (AvgIpc) is 2.99. The van der Waals surface area contributed by atoms with Crippen LogP contribution in [0.25, 0.3) is 17.8 Å². The molecule has 1 aromatic heterocycles. The summed E-state index contributed by atoms with van der Waals surface area (Å²) in [7, 11) is 0. The first-order valence-corrected chi connectivity index (χ1v) is 7.64. The summed E-state index contributed by atoms with van der Waals surface area (Å²) in [5, 5.41) is 8.49. The van der Waals surface area contributed by atoms with E-state index in [0.717, 1.165) is 22.6 Å². The predicted octanol–water partition coefficient (Wildman–Crippen LogP) is 3.51. The van der Waals surface area contributed by atoms with E-state index in [-0.39, 0.29) is 0 Å². The monoisotopic (exact) mass is 304 g/mol. The van der Waals surface area contributed by atoms with Crippen LogP contribution >= 0.6 is 0 Å². The van der Waals surface area contributed by atoms with E-state index in [1.807, 2.05) is 29.0 Å². The molecule has 1 heterocycles. The zero-order valence-corrected chi connectivity index (χ0v) is 13.4. The van der Waals surface area contributed by atoms with Gasteiger partial charge in [0.25, 0.3) is 0 Å². The van der Waals surface area contributed by atoms with E-state index in [1.54, 1.807) is 0 Å². The Balaban J connectivity index is 2.03. The summed E-state index contributed by atoms with van der Waals surface area (Å²) >= 11 is 0. The first-order valence-electron chi connectivity index (χ1n) is 7.64. The van der Waals surface area contributed by atoms with Crippen LogP contribution in [0.1, 0.15) is 28.1 Å². The molecule has 0 aliphatic carbocycles. The van der Waals surface area contributed by atoms with E-state index < -0.39 is 0 Å². The van der Waals surface area contributed by atoms with E-state index in [2.05, 4.69) is 60.6 Å². The minimum Gasteiger partial charge on any atom is -0.325 e. The molecule has 3 rings (SSSR count). The lowest BCUT2D eigenvalue weighted by atomic mass is 10.1. The van der Waals surface area contributed by atoms with Crippen LogP contribution in [0.2, 0.25) is 0 Å². The Labute approximate surface area is 136 Å². The third kappa shape index (κ3) is 3.22. The van der Waals surface area contributed by atoms with Gasteiger partial charge in [-0.1, -0.05) is 47.7 Å². The normalized spacial score (nSPS) is 11.3. The van der Waals surface area contributed by atoms with Gasteiger partial charge in [0.1, 0.15) is 5.69 Å². The Morgan fingerprint density at radius 1 is 1.00 bits per heavy atom. The van der Waals surface area contributed by atoms with Crippen LogP contribution in [0.4, 0.5) is 0 Å². The molecule has 0 radical (unpaired) electrons. The molecule has 116 valence electrons. The number of hydrogen-bond acceptors (Lipinski definition) is 3. The maximum atomic E-state index is 5.82. The molecule has 0 saturated carbocycles. The lowest BCUT2D eigenvalue weighted by Crippen LogP contribution is -2.03. The third-order valence-electron chi connectivity index (χ3n) is 3.94. The Morgan fingerprint density at radius 2 is 1.78 bits per heavy atom. The van der Waals surface area contributed by atoms with E-state index >= 15 is 0 Å². The van der Waals surface area contributed by atoms with Gasteiger partial charge in [-0.05, 0) is 48.7 Å². The van der Waals surface area contributed by atoms with Gasteiger partial charge in [-0.2, -0.15) is 0 Å². The summed E-state index contributed by atoms with van der Waals surface area (Å²) in [5.41, 5.74) is 12.1. The van der Waals surface area contributed by atoms with Crippen LogP contribution in [0.5, 0.6) is 0 Å². The molecule has 0 aliphatic heterocycles. The predicted molar refractivity (Wildman–Crippen MR) is 94.1 cm³/mol. The van der Waals surface area contributed by atoms with Crippen molar-refractivity contribution in [3.8, 4) is 5.69 Å². The van der Waals surface area contributed by atoms with Crippen LogP contribution in [0, 0.1) is 13.8 Å². The second-order valence-corrected chi connectivity index (χ2v) is 5.55. The molecule has 0 atom stereocenters. The summed E-state index contributed by atoms with van der Waals surface area (Å²) in [6.45, 7) is 4.56. The average molecular weight is 304 g/mol. The van der Waals surface area contributed by atoms with Gasteiger partial charge in [0.05, 0.1) is 11.4 Å². The smallest absolute Gasteiger partial charge is 0.104 e. The van der Waals surface area contributed by atoms with Crippen molar-refractivity contribution >= 4 is 12.2 Å². The summed E-state index contributed by atoms with van der Waals surface area (Å²) < 4.78 is 1.84. The number of nitrogens with zero attached hydrogens (tertiary/aromatic N) is 3. The fourth-order valence-corrected chi connectivity index (χ4v) is 2.42. The quantitative estimate of drug-likeness (QED) is 0.802. The fourth-order valence-electron chi connectivity index (χ4n) is 2.42. The van der Waals surface area contributed by atoms with Gasteiger partial charge < -0.3 is 5.73 Å². The maximum absolute atomic E-state index is 5.82. The zero-order chi connectivity index (χ0) is 16.2. The summed E-state index contributed by atoms with van der Waals surface area (Å²) in [6, 6.07) is 16.4. The van der Waals surface area contributed by atoms with Crippen LogP contribution < -0.4 is 5.73 Å². The Morgan fingerprint density at radius 3 is 2.48 bits per heavy atom. The second-order valence-electron chi connectivity index (χ2n) is 5.55. The van der Waals surface area contributed by atoms with Gasteiger partial charge in [0.15, 0.2) is 0 Å².